The molecule has 0 saturated carbocycles. The first kappa shape index (κ1) is 11.9. The van der Waals surface area contributed by atoms with Gasteiger partial charge in [-0.2, -0.15) is 0 Å². The first-order valence-corrected chi connectivity index (χ1v) is 5.35. The minimum absolute atomic E-state index is 0.158. The number of aliphatic hydroxyl groups is 1. The molecular formula is C11H16N2OS. The van der Waals surface area contributed by atoms with E-state index in [0.717, 1.165) is 17.8 Å². The van der Waals surface area contributed by atoms with Crippen LogP contribution in [0.5, 0.6) is 0 Å². The van der Waals surface area contributed by atoms with Gasteiger partial charge in [0.15, 0.2) is 0 Å². The Labute approximate surface area is 95.5 Å². The zero-order valence-corrected chi connectivity index (χ0v) is 9.63. The third kappa shape index (κ3) is 3.18. The lowest BCUT2D eigenvalue weighted by Gasteiger charge is -2.22. The summed E-state index contributed by atoms with van der Waals surface area (Å²) in [7, 11) is 0. The van der Waals surface area contributed by atoms with E-state index in [9.17, 15) is 0 Å². The van der Waals surface area contributed by atoms with Crippen molar-refractivity contribution < 1.29 is 5.11 Å². The van der Waals surface area contributed by atoms with Crippen LogP contribution in [0.15, 0.2) is 24.3 Å². The highest BCUT2D eigenvalue weighted by Gasteiger charge is 2.03. The first-order valence-electron chi connectivity index (χ1n) is 4.94. The Morgan fingerprint density at radius 2 is 2.00 bits per heavy atom. The molecule has 0 radical (unpaired) electrons. The molecule has 4 heteroatoms. The number of aliphatic hydroxyl groups excluding tert-OH is 1. The second-order valence-corrected chi connectivity index (χ2v) is 3.65. The maximum absolute atomic E-state index is 8.89. The number of likely N-dealkylation sites (N-methyl/N-ethyl adjacent to an activating group) is 1. The van der Waals surface area contributed by atoms with Crippen LogP contribution in [0.2, 0.25) is 0 Å². The Hall–Kier alpha value is -1.13. The second-order valence-electron chi connectivity index (χ2n) is 3.21. The Kier molecular flexibility index (Phi) is 4.52. The number of hydrogen-bond donors (Lipinski definition) is 2. The number of anilines is 1. The number of rotatable bonds is 5. The quantitative estimate of drug-likeness (QED) is 0.736. The van der Waals surface area contributed by atoms with Gasteiger partial charge in [-0.3, -0.25) is 0 Å². The molecule has 0 aliphatic carbocycles. The van der Waals surface area contributed by atoms with E-state index in [1.54, 1.807) is 0 Å². The summed E-state index contributed by atoms with van der Waals surface area (Å²) in [5, 5.41) is 8.89. The Bertz CT molecular complexity index is 324. The number of nitrogens with zero attached hydrogens (tertiary/aromatic N) is 1. The largest absolute Gasteiger partial charge is 0.395 e. The molecule has 3 N–H and O–H groups in total. The summed E-state index contributed by atoms with van der Waals surface area (Å²) in [6.45, 7) is 3.72. The lowest BCUT2D eigenvalue weighted by Crippen LogP contribution is -2.26. The van der Waals surface area contributed by atoms with Crippen LogP contribution in [0.3, 0.4) is 0 Å². The van der Waals surface area contributed by atoms with Crippen molar-refractivity contribution in [2.45, 2.75) is 6.92 Å². The predicted molar refractivity (Wildman–Crippen MR) is 67.3 cm³/mol. The van der Waals surface area contributed by atoms with Crippen LogP contribution in [0, 0.1) is 0 Å². The van der Waals surface area contributed by atoms with Gasteiger partial charge in [0.1, 0.15) is 4.99 Å². The fourth-order valence-electron chi connectivity index (χ4n) is 1.43. The molecule has 0 fully saturated rings. The van der Waals surface area contributed by atoms with E-state index in [4.69, 9.17) is 23.1 Å². The summed E-state index contributed by atoms with van der Waals surface area (Å²) in [5.74, 6) is 0. The highest BCUT2D eigenvalue weighted by Crippen LogP contribution is 2.14. The highest BCUT2D eigenvalue weighted by atomic mass is 32.1. The van der Waals surface area contributed by atoms with E-state index in [1.807, 2.05) is 24.3 Å². The van der Waals surface area contributed by atoms with Gasteiger partial charge >= 0.3 is 0 Å². The van der Waals surface area contributed by atoms with Crippen LogP contribution >= 0.6 is 12.2 Å². The summed E-state index contributed by atoms with van der Waals surface area (Å²) in [6.07, 6.45) is 0. The van der Waals surface area contributed by atoms with Gasteiger partial charge in [0.2, 0.25) is 0 Å². The van der Waals surface area contributed by atoms with Crippen LogP contribution < -0.4 is 10.6 Å². The van der Waals surface area contributed by atoms with Crippen molar-refractivity contribution >= 4 is 22.9 Å². The van der Waals surface area contributed by atoms with E-state index in [0.29, 0.717) is 11.5 Å². The molecule has 3 nitrogen and oxygen atoms in total. The summed E-state index contributed by atoms with van der Waals surface area (Å²) < 4.78 is 0. The van der Waals surface area contributed by atoms with Gasteiger partial charge in [-0.25, -0.2) is 0 Å². The van der Waals surface area contributed by atoms with E-state index in [1.165, 1.54) is 0 Å². The molecule has 0 spiro atoms. The number of benzene rings is 1. The third-order valence-corrected chi connectivity index (χ3v) is 2.50. The van der Waals surface area contributed by atoms with Gasteiger partial charge in [0.05, 0.1) is 6.61 Å². The molecule has 0 atom stereocenters. The fourth-order valence-corrected chi connectivity index (χ4v) is 1.56. The van der Waals surface area contributed by atoms with Crippen molar-refractivity contribution in [3.8, 4) is 0 Å². The summed E-state index contributed by atoms with van der Waals surface area (Å²) in [5.41, 5.74) is 7.45. The second kappa shape index (κ2) is 5.68. The first-order chi connectivity index (χ1) is 7.19. The van der Waals surface area contributed by atoms with E-state index in [-0.39, 0.29) is 6.61 Å². The molecule has 82 valence electrons. The van der Waals surface area contributed by atoms with E-state index in [2.05, 4.69) is 11.8 Å². The van der Waals surface area contributed by atoms with Crippen molar-refractivity contribution in [1.82, 2.24) is 0 Å². The molecule has 0 aromatic heterocycles. The van der Waals surface area contributed by atoms with Crippen molar-refractivity contribution in [3.63, 3.8) is 0 Å². The lowest BCUT2D eigenvalue weighted by atomic mass is 10.2. The molecule has 0 heterocycles. The maximum Gasteiger partial charge on any atom is 0.103 e. The van der Waals surface area contributed by atoms with Crippen LogP contribution in [-0.2, 0) is 0 Å². The van der Waals surface area contributed by atoms with Crippen LogP contribution in [0.25, 0.3) is 0 Å². The number of hydrogen-bond acceptors (Lipinski definition) is 3. The van der Waals surface area contributed by atoms with E-state index >= 15 is 0 Å². The molecule has 0 saturated heterocycles. The van der Waals surface area contributed by atoms with Crippen LogP contribution in [0.4, 0.5) is 5.69 Å². The predicted octanol–water partition coefficient (Wildman–Crippen LogP) is 1.14. The summed E-state index contributed by atoms with van der Waals surface area (Å²) >= 11 is 4.87. The smallest absolute Gasteiger partial charge is 0.103 e. The molecule has 0 aliphatic rings. The average molecular weight is 224 g/mol. The molecule has 0 bridgehead atoms. The molecule has 0 amide bonds. The van der Waals surface area contributed by atoms with Gasteiger partial charge < -0.3 is 15.7 Å². The number of nitrogens with two attached hydrogens (primary N) is 1. The average Bonchev–Trinajstić information content (AvgIpc) is 2.26. The highest BCUT2D eigenvalue weighted by molar-refractivity contribution is 7.80. The third-order valence-electron chi connectivity index (χ3n) is 2.27. The summed E-state index contributed by atoms with van der Waals surface area (Å²) in [6, 6.07) is 7.73. The van der Waals surface area contributed by atoms with Gasteiger partial charge in [0, 0.05) is 24.3 Å². The SMILES string of the molecule is CCN(CCO)c1ccc(C(N)=S)cc1. The van der Waals surface area contributed by atoms with Crippen LogP contribution in [0.1, 0.15) is 12.5 Å². The Balaban J connectivity index is 2.81. The topological polar surface area (TPSA) is 49.5 Å². The molecule has 1 aromatic rings. The Morgan fingerprint density at radius 3 is 2.40 bits per heavy atom. The molecule has 1 rings (SSSR count). The van der Waals surface area contributed by atoms with Gasteiger partial charge in [0.25, 0.3) is 0 Å². The van der Waals surface area contributed by atoms with E-state index < -0.39 is 0 Å². The number of thiocarbonyl (C=S) groups is 1. The van der Waals surface area contributed by atoms with Gasteiger partial charge in [-0.1, -0.05) is 12.2 Å². The minimum Gasteiger partial charge on any atom is -0.395 e. The minimum atomic E-state index is 0.158. The zero-order chi connectivity index (χ0) is 11.3. The Morgan fingerprint density at radius 1 is 1.40 bits per heavy atom. The lowest BCUT2D eigenvalue weighted by molar-refractivity contribution is 0.302. The van der Waals surface area contributed by atoms with Crippen molar-refractivity contribution in [2.24, 2.45) is 5.73 Å². The van der Waals surface area contributed by atoms with Gasteiger partial charge in [-0.15, -0.1) is 0 Å². The molecule has 0 aliphatic heterocycles. The maximum atomic E-state index is 8.89. The normalized spacial score (nSPS) is 10.0. The van der Waals surface area contributed by atoms with Crippen LogP contribution in [-0.4, -0.2) is 29.8 Å². The van der Waals surface area contributed by atoms with Crippen molar-refractivity contribution in [2.75, 3.05) is 24.6 Å². The molecular weight excluding hydrogens is 208 g/mol. The monoisotopic (exact) mass is 224 g/mol. The summed E-state index contributed by atoms with van der Waals surface area (Å²) in [4.78, 5) is 2.50. The van der Waals surface area contributed by atoms with Crippen molar-refractivity contribution in [3.05, 3.63) is 29.8 Å². The molecule has 0 unspecified atom stereocenters. The standard InChI is InChI=1S/C11H16N2OS/c1-2-13(7-8-14)10-5-3-9(4-6-10)11(12)15/h3-6,14H,2,7-8H2,1H3,(H2,12,15). The zero-order valence-electron chi connectivity index (χ0n) is 8.81. The van der Waals surface area contributed by atoms with Crippen molar-refractivity contribution in [1.29, 1.82) is 0 Å². The van der Waals surface area contributed by atoms with Gasteiger partial charge in [-0.05, 0) is 31.2 Å². The molecule has 15 heavy (non-hydrogen) atoms. The fraction of sp³-hybridized carbons (Fsp3) is 0.364. The molecule has 1 aromatic carbocycles.